The van der Waals surface area contributed by atoms with Gasteiger partial charge in [-0.05, 0) is 52.5 Å². The van der Waals surface area contributed by atoms with Crippen LogP contribution >= 0.6 is 15.9 Å². The minimum Gasteiger partial charge on any atom is -0.491 e. The lowest BCUT2D eigenvalue weighted by molar-refractivity contribution is 0.241. The molecule has 120 valence electrons. The van der Waals surface area contributed by atoms with Gasteiger partial charge in [-0.2, -0.15) is 0 Å². The first-order valence-corrected chi connectivity index (χ1v) is 8.55. The molecule has 0 aromatic heterocycles. The van der Waals surface area contributed by atoms with Crippen molar-refractivity contribution in [2.24, 2.45) is 0 Å². The van der Waals surface area contributed by atoms with Gasteiger partial charge in [0.25, 0.3) is 0 Å². The largest absolute Gasteiger partial charge is 0.491 e. The van der Waals surface area contributed by atoms with Gasteiger partial charge in [0.05, 0.1) is 11.0 Å². The number of ether oxygens (including phenoxy) is 1. The zero-order valence-corrected chi connectivity index (χ0v) is 14.4. The van der Waals surface area contributed by atoms with Crippen LogP contribution in [-0.4, -0.2) is 25.7 Å². The first-order chi connectivity index (χ1) is 11.3. The van der Waals surface area contributed by atoms with E-state index in [1.54, 1.807) is 0 Å². The Bertz CT molecular complexity index is 690. The average molecular weight is 375 g/mol. The number of amides is 2. The minimum atomic E-state index is -0.0622. The summed E-state index contributed by atoms with van der Waals surface area (Å²) in [5.74, 6) is 0.782. The summed E-state index contributed by atoms with van der Waals surface area (Å²) in [7, 11) is 0. The highest BCUT2D eigenvalue weighted by molar-refractivity contribution is 9.10. The molecule has 3 rings (SSSR count). The number of aryl methyl sites for hydroxylation is 1. The van der Waals surface area contributed by atoms with Crippen molar-refractivity contribution in [2.45, 2.75) is 12.8 Å². The van der Waals surface area contributed by atoms with Crippen LogP contribution in [0.1, 0.15) is 12.0 Å². The maximum absolute atomic E-state index is 12.4. The van der Waals surface area contributed by atoms with E-state index in [4.69, 9.17) is 4.74 Å². The number of hydrogen-bond donors (Lipinski definition) is 1. The number of rotatable bonds is 4. The highest BCUT2D eigenvalue weighted by Crippen LogP contribution is 2.26. The number of nitrogens with zero attached hydrogens (tertiary/aromatic N) is 1. The standard InChI is InChI=1S/C18H19BrN2O2/c19-15-8-2-4-10-17(15)23-13-11-20-18(22)21-12-5-7-14-6-1-3-9-16(14)21/h1-4,6,8-10H,5,7,11-13H2,(H,20,22). The monoisotopic (exact) mass is 374 g/mol. The summed E-state index contributed by atoms with van der Waals surface area (Å²) in [5, 5.41) is 2.93. The molecule has 0 unspecified atom stereocenters. The summed E-state index contributed by atoms with van der Waals surface area (Å²) < 4.78 is 6.58. The molecule has 1 heterocycles. The van der Waals surface area contributed by atoms with Gasteiger partial charge in [-0.15, -0.1) is 0 Å². The number of hydrogen-bond acceptors (Lipinski definition) is 2. The minimum absolute atomic E-state index is 0.0622. The normalized spacial score (nSPS) is 13.3. The van der Waals surface area contributed by atoms with Gasteiger partial charge in [0, 0.05) is 12.2 Å². The number of urea groups is 1. The summed E-state index contributed by atoms with van der Waals surface area (Å²) in [6.07, 6.45) is 2.03. The Balaban J connectivity index is 1.52. The Hall–Kier alpha value is -2.01. The molecular weight excluding hydrogens is 356 g/mol. The first-order valence-electron chi connectivity index (χ1n) is 7.76. The molecule has 0 spiro atoms. The van der Waals surface area contributed by atoms with Crippen molar-refractivity contribution in [1.29, 1.82) is 0 Å². The summed E-state index contributed by atoms with van der Waals surface area (Å²) in [4.78, 5) is 14.2. The van der Waals surface area contributed by atoms with Crippen LogP contribution in [0.25, 0.3) is 0 Å². The number of para-hydroxylation sites is 2. The van der Waals surface area contributed by atoms with Crippen molar-refractivity contribution in [3.8, 4) is 5.75 Å². The quantitative estimate of drug-likeness (QED) is 0.822. The van der Waals surface area contributed by atoms with Crippen LogP contribution in [0.15, 0.2) is 53.0 Å². The van der Waals surface area contributed by atoms with Crippen LogP contribution in [0.3, 0.4) is 0 Å². The summed E-state index contributed by atoms with van der Waals surface area (Å²) in [5.41, 5.74) is 2.25. The lowest BCUT2D eigenvalue weighted by Gasteiger charge is -2.29. The predicted octanol–water partition coefficient (Wildman–Crippen LogP) is 3.99. The van der Waals surface area contributed by atoms with Gasteiger partial charge in [-0.3, -0.25) is 4.90 Å². The van der Waals surface area contributed by atoms with E-state index in [0.29, 0.717) is 13.2 Å². The van der Waals surface area contributed by atoms with E-state index in [0.717, 1.165) is 35.3 Å². The summed E-state index contributed by atoms with van der Waals surface area (Å²) in [6.45, 7) is 1.66. The van der Waals surface area contributed by atoms with E-state index in [9.17, 15) is 4.79 Å². The third-order valence-electron chi connectivity index (χ3n) is 3.83. The van der Waals surface area contributed by atoms with Gasteiger partial charge in [-0.1, -0.05) is 30.3 Å². The smallest absolute Gasteiger partial charge is 0.321 e. The summed E-state index contributed by atoms with van der Waals surface area (Å²) in [6, 6.07) is 15.7. The summed E-state index contributed by atoms with van der Waals surface area (Å²) >= 11 is 3.44. The molecule has 0 fully saturated rings. The van der Waals surface area contributed by atoms with Gasteiger partial charge in [0.2, 0.25) is 0 Å². The Morgan fingerprint density at radius 3 is 2.83 bits per heavy atom. The number of nitrogens with one attached hydrogen (secondary N) is 1. The van der Waals surface area contributed by atoms with Gasteiger partial charge in [0.15, 0.2) is 0 Å². The second kappa shape index (κ2) is 7.51. The molecule has 0 aliphatic carbocycles. The van der Waals surface area contributed by atoms with E-state index >= 15 is 0 Å². The molecule has 0 bridgehead atoms. The van der Waals surface area contributed by atoms with Crippen molar-refractivity contribution in [3.05, 3.63) is 58.6 Å². The fourth-order valence-electron chi connectivity index (χ4n) is 2.72. The number of halogens is 1. The van der Waals surface area contributed by atoms with Crippen molar-refractivity contribution in [1.82, 2.24) is 5.32 Å². The lowest BCUT2D eigenvalue weighted by atomic mass is 10.0. The van der Waals surface area contributed by atoms with Crippen molar-refractivity contribution in [3.63, 3.8) is 0 Å². The number of fused-ring (bicyclic) bond motifs is 1. The zero-order valence-electron chi connectivity index (χ0n) is 12.8. The van der Waals surface area contributed by atoms with E-state index in [2.05, 4.69) is 27.3 Å². The van der Waals surface area contributed by atoms with Crippen molar-refractivity contribution in [2.75, 3.05) is 24.6 Å². The maximum Gasteiger partial charge on any atom is 0.321 e. The van der Waals surface area contributed by atoms with Crippen LogP contribution in [0.5, 0.6) is 5.75 Å². The molecule has 1 aliphatic heterocycles. The van der Waals surface area contributed by atoms with Crippen molar-refractivity contribution < 1.29 is 9.53 Å². The molecule has 2 aromatic carbocycles. The molecule has 0 saturated heterocycles. The Morgan fingerprint density at radius 1 is 1.17 bits per heavy atom. The van der Waals surface area contributed by atoms with E-state index in [1.807, 2.05) is 47.4 Å². The number of benzene rings is 2. The molecule has 0 atom stereocenters. The number of carbonyl (C=O) groups excluding carboxylic acids is 1. The van der Waals surface area contributed by atoms with Crippen molar-refractivity contribution >= 4 is 27.6 Å². The van der Waals surface area contributed by atoms with Gasteiger partial charge >= 0.3 is 6.03 Å². The number of carbonyl (C=O) groups is 1. The molecular formula is C18H19BrN2O2. The maximum atomic E-state index is 12.4. The predicted molar refractivity (Wildman–Crippen MR) is 95.1 cm³/mol. The molecule has 1 aliphatic rings. The lowest BCUT2D eigenvalue weighted by Crippen LogP contribution is -2.44. The average Bonchev–Trinajstić information content (AvgIpc) is 2.59. The molecule has 4 nitrogen and oxygen atoms in total. The zero-order chi connectivity index (χ0) is 16.1. The second-order valence-corrected chi connectivity index (χ2v) is 6.25. The van der Waals surface area contributed by atoms with Crippen LogP contribution < -0.4 is 15.0 Å². The third-order valence-corrected chi connectivity index (χ3v) is 4.48. The topological polar surface area (TPSA) is 41.6 Å². The third kappa shape index (κ3) is 3.85. The SMILES string of the molecule is O=C(NCCOc1ccccc1Br)N1CCCc2ccccc21. The Labute approximate surface area is 144 Å². The molecule has 2 amide bonds. The van der Waals surface area contributed by atoms with Gasteiger partial charge in [0.1, 0.15) is 12.4 Å². The molecule has 5 heteroatoms. The van der Waals surface area contributed by atoms with E-state index in [-0.39, 0.29) is 6.03 Å². The van der Waals surface area contributed by atoms with E-state index < -0.39 is 0 Å². The molecule has 2 aromatic rings. The van der Waals surface area contributed by atoms with E-state index in [1.165, 1.54) is 5.56 Å². The fraction of sp³-hybridized carbons (Fsp3) is 0.278. The molecule has 0 saturated carbocycles. The Morgan fingerprint density at radius 2 is 1.96 bits per heavy atom. The van der Waals surface area contributed by atoms with Gasteiger partial charge < -0.3 is 10.1 Å². The Kier molecular flexibility index (Phi) is 5.18. The molecule has 1 N–H and O–H groups in total. The first kappa shape index (κ1) is 15.9. The number of anilines is 1. The van der Waals surface area contributed by atoms with Crippen LogP contribution in [0.2, 0.25) is 0 Å². The molecule has 0 radical (unpaired) electrons. The molecule has 23 heavy (non-hydrogen) atoms. The highest BCUT2D eigenvalue weighted by atomic mass is 79.9. The van der Waals surface area contributed by atoms with Crippen LogP contribution in [0, 0.1) is 0 Å². The second-order valence-electron chi connectivity index (χ2n) is 5.39. The van der Waals surface area contributed by atoms with Crippen LogP contribution in [0.4, 0.5) is 10.5 Å². The fourth-order valence-corrected chi connectivity index (χ4v) is 3.12. The van der Waals surface area contributed by atoms with Gasteiger partial charge in [-0.25, -0.2) is 4.79 Å². The highest BCUT2D eigenvalue weighted by Gasteiger charge is 2.21. The van der Waals surface area contributed by atoms with Crippen LogP contribution in [-0.2, 0) is 6.42 Å².